The van der Waals surface area contributed by atoms with E-state index in [9.17, 15) is 9.59 Å². The van der Waals surface area contributed by atoms with Crippen molar-refractivity contribution in [2.45, 2.75) is 20.0 Å². The van der Waals surface area contributed by atoms with Gasteiger partial charge in [-0.15, -0.1) is 0 Å². The van der Waals surface area contributed by atoms with E-state index < -0.39 is 5.97 Å². The van der Waals surface area contributed by atoms with Gasteiger partial charge in [-0.25, -0.2) is 4.79 Å². The number of fused-ring (bicyclic) bond motifs is 2. The number of carbonyl (C=O) groups is 1. The normalized spacial score (nSPS) is 11.1. The first-order valence-corrected chi connectivity index (χ1v) is 8.99. The van der Waals surface area contributed by atoms with Crippen molar-refractivity contribution in [3.63, 3.8) is 0 Å². The third kappa shape index (κ3) is 3.12. The van der Waals surface area contributed by atoms with E-state index in [0.717, 1.165) is 27.4 Å². The van der Waals surface area contributed by atoms with Gasteiger partial charge in [0.1, 0.15) is 6.54 Å². The lowest BCUT2D eigenvalue weighted by Crippen LogP contribution is -2.28. The van der Waals surface area contributed by atoms with Gasteiger partial charge in [-0.2, -0.15) is 0 Å². The van der Waals surface area contributed by atoms with Crippen LogP contribution >= 0.6 is 0 Å². The highest BCUT2D eigenvalue weighted by Crippen LogP contribution is 2.21. The number of aromatic nitrogens is 2. The Hall–Kier alpha value is -3.34. The van der Waals surface area contributed by atoms with Gasteiger partial charge in [-0.3, -0.25) is 13.9 Å². The summed E-state index contributed by atoms with van der Waals surface area (Å²) in [7, 11) is 0. The van der Waals surface area contributed by atoms with Crippen molar-refractivity contribution in [3.8, 4) is 0 Å². The van der Waals surface area contributed by atoms with Crippen LogP contribution in [0, 0.1) is 0 Å². The van der Waals surface area contributed by atoms with E-state index in [-0.39, 0.29) is 12.2 Å². The lowest BCUT2D eigenvalue weighted by molar-refractivity contribution is -0.143. The van der Waals surface area contributed by atoms with Crippen LogP contribution in [0.3, 0.4) is 0 Å². The summed E-state index contributed by atoms with van der Waals surface area (Å²) >= 11 is 0. The minimum absolute atomic E-state index is 0.0876. The van der Waals surface area contributed by atoms with Crippen molar-refractivity contribution in [1.82, 2.24) is 9.13 Å². The van der Waals surface area contributed by atoms with Crippen molar-refractivity contribution in [2.24, 2.45) is 0 Å². The van der Waals surface area contributed by atoms with E-state index in [1.807, 2.05) is 48.5 Å². The summed E-state index contributed by atoms with van der Waals surface area (Å²) in [6.45, 7) is 2.40. The highest BCUT2D eigenvalue weighted by Gasteiger charge is 2.16. The smallest absolute Gasteiger partial charge is 0.329 e. The minimum atomic E-state index is -0.410. The molecule has 0 saturated heterocycles. The molecule has 3 aromatic carbocycles. The number of benzene rings is 3. The van der Waals surface area contributed by atoms with E-state index in [2.05, 4.69) is 18.2 Å². The molecule has 0 spiro atoms. The molecule has 0 amide bonds. The fourth-order valence-electron chi connectivity index (χ4n) is 3.51. The molecule has 0 aliphatic carbocycles. The molecule has 0 saturated carbocycles. The topological polar surface area (TPSA) is 53.2 Å². The van der Waals surface area contributed by atoms with Gasteiger partial charge in [0.15, 0.2) is 0 Å². The van der Waals surface area contributed by atoms with Gasteiger partial charge in [-0.1, -0.05) is 54.6 Å². The standard InChI is InChI=1S/C22H20N2O3/c1-2-27-21(25)15-24-20-13-6-5-12-19(20)23(22(24)26)14-17-10-7-9-16-8-3-4-11-18(16)17/h3-13H,2,14-15H2,1H3. The first kappa shape index (κ1) is 17.1. The fourth-order valence-corrected chi connectivity index (χ4v) is 3.51. The van der Waals surface area contributed by atoms with Crippen molar-refractivity contribution < 1.29 is 9.53 Å². The van der Waals surface area contributed by atoms with E-state index in [1.165, 1.54) is 4.57 Å². The SMILES string of the molecule is CCOC(=O)Cn1c(=O)n(Cc2cccc3ccccc23)c2ccccc21. The molecule has 0 atom stereocenters. The van der Waals surface area contributed by atoms with Gasteiger partial charge in [0, 0.05) is 0 Å². The number of imidazole rings is 1. The number of hydrogen-bond donors (Lipinski definition) is 0. The molecule has 0 unspecified atom stereocenters. The van der Waals surface area contributed by atoms with Crippen LogP contribution in [0.2, 0.25) is 0 Å². The Morgan fingerprint density at radius 3 is 2.33 bits per heavy atom. The molecular weight excluding hydrogens is 340 g/mol. The zero-order valence-electron chi connectivity index (χ0n) is 15.1. The van der Waals surface area contributed by atoms with Crippen LogP contribution in [-0.4, -0.2) is 21.7 Å². The second-order valence-corrected chi connectivity index (χ2v) is 6.39. The van der Waals surface area contributed by atoms with Crippen molar-refractivity contribution in [1.29, 1.82) is 0 Å². The van der Waals surface area contributed by atoms with Gasteiger partial charge < -0.3 is 4.74 Å². The minimum Gasteiger partial charge on any atom is -0.465 e. The zero-order chi connectivity index (χ0) is 18.8. The van der Waals surface area contributed by atoms with Gasteiger partial charge in [-0.05, 0) is 35.4 Å². The highest BCUT2D eigenvalue weighted by molar-refractivity contribution is 5.86. The number of hydrogen-bond acceptors (Lipinski definition) is 3. The van der Waals surface area contributed by atoms with Crippen molar-refractivity contribution >= 4 is 27.8 Å². The average molecular weight is 360 g/mol. The summed E-state index contributed by atoms with van der Waals surface area (Å²) in [5, 5.41) is 2.26. The number of ether oxygens (including phenoxy) is 1. The monoisotopic (exact) mass is 360 g/mol. The molecule has 136 valence electrons. The largest absolute Gasteiger partial charge is 0.465 e. The van der Waals surface area contributed by atoms with Crippen LogP contribution in [-0.2, 0) is 22.6 Å². The predicted octanol–water partition coefficient (Wildman–Crippen LogP) is 3.57. The molecule has 0 radical (unpaired) electrons. The number of carbonyl (C=O) groups excluding carboxylic acids is 1. The number of rotatable bonds is 5. The Labute approximate surface area is 156 Å². The predicted molar refractivity (Wildman–Crippen MR) is 106 cm³/mol. The molecule has 0 fully saturated rings. The lowest BCUT2D eigenvalue weighted by atomic mass is 10.0. The molecule has 1 heterocycles. The Morgan fingerprint density at radius 2 is 1.56 bits per heavy atom. The van der Waals surface area contributed by atoms with Crippen LogP contribution in [0.4, 0.5) is 0 Å². The van der Waals surface area contributed by atoms with Gasteiger partial charge in [0.2, 0.25) is 0 Å². The molecule has 0 aliphatic rings. The van der Waals surface area contributed by atoms with Gasteiger partial charge >= 0.3 is 11.7 Å². The molecule has 5 nitrogen and oxygen atoms in total. The van der Waals surface area contributed by atoms with E-state index >= 15 is 0 Å². The summed E-state index contributed by atoms with van der Waals surface area (Å²) in [6.07, 6.45) is 0. The molecule has 27 heavy (non-hydrogen) atoms. The van der Waals surface area contributed by atoms with Crippen LogP contribution in [0.5, 0.6) is 0 Å². The van der Waals surface area contributed by atoms with Gasteiger partial charge in [0.25, 0.3) is 0 Å². The third-order valence-corrected chi connectivity index (χ3v) is 4.73. The van der Waals surface area contributed by atoms with Gasteiger partial charge in [0.05, 0.1) is 24.2 Å². The quantitative estimate of drug-likeness (QED) is 0.511. The van der Waals surface area contributed by atoms with Crippen LogP contribution in [0.15, 0.2) is 71.5 Å². The Bertz CT molecular complexity index is 1180. The second kappa shape index (κ2) is 7.11. The average Bonchev–Trinajstić information content (AvgIpc) is 2.94. The molecule has 4 aromatic rings. The first-order valence-electron chi connectivity index (χ1n) is 8.99. The van der Waals surface area contributed by atoms with E-state index in [0.29, 0.717) is 13.2 Å². The van der Waals surface area contributed by atoms with Crippen LogP contribution in [0.25, 0.3) is 21.8 Å². The Balaban J connectivity index is 1.83. The van der Waals surface area contributed by atoms with Crippen LogP contribution in [0.1, 0.15) is 12.5 Å². The molecule has 0 aliphatic heterocycles. The Morgan fingerprint density at radius 1 is 0.889 bits per heavy atom. The van der Waals surface area contributed by atoms with E-state index in [1.54, 1.807) is 11.5 Å². The van der Waals surface area contributed by atoms with Crippen molar-refractivity contribution in [3.05, 3.63) is 82.8 Å². The molecular formula is C22H20N2O3. The molecule has 0 bridgehead atoms. The molecule has 4 rings (SSSR count). The summed E-state index contributed by atoms with van der Waals surface area (Å²) in [5.74, 6) is -0.410. The summed E-state index contributed by atoms with van der Waals surface area (Å²) < 4.78 is 8.23. The number of esters is 1. The Kier molecular flexibility index (Phi) is 4.50. The molecule has 5 heteroatoms. The maximum Gasteiger partial charge on any atom is 0.329 e. The second-order valence-electron chi connectivity index (χ2n) is 6.39. The van der Waals surface area contributed by atoms with E-state index in [4.69, 9.17) is 4.74 Å². The number of para-hydroxylation sites is 2. The first-order chi connectivity index (χ1) is 13.2. The summed E-state index contributed by atoms with van der Waals surface area (Å²) in [6, 6.07) is 21.8. The third-order valence-electron chi connectivity index (χ3n) is 4.73. The lowest BCUT2D eigenvalue weighted by Gasteiger charge is -2.08. The van der Waals surface area contributed by atoms with Crippen LogP contribution < -0.4 is 5.69 Å². The maximum absolute atomic E-state index is 13.1. The zero-order valence-corrected chi connectivity index (χ0v) is 15.1. The summed E-state index contributed by atoms with van der Waals surface area (Å²) in [4.78, 5) is 25.0. The van der Waals surface area contributed by atoms with Crippen molar-refractivity contribution in [2.75, 3.05) is 6.61 Å². The molecule has 1 aromatic heterocycles. The maximum atomic E-state index is 13.1. The number of nitrogens with zero attached hydrogens (tertiary/aromatic N) is 2. The fraction of sp³-hybridized carbons (Fsp3) is 0.182. The molecule has 0 N–H and O–H groups in total. The highest BCUT2D eigenvalue weighted by atomic mass is 16.5. The summed E-state index contributed by atoms with van der Waals surface area (Å²) in [5.41, 5.74) is 2.39.